The fraction of sp³-hybridized carbons (Fsp3) is 0.238. The maximum atomic E-state index is 12.7. The molecule has 0 radical (unpaired) electrons. The number of aromatic nitrogens is 3. The number of halogens is 3. The maximum absolute atomic E-state index is 12.7. The first kappa shape index (κ1) is 21.2. The van der Waals surface area contributed by atoms with Gasteiger partial charge in [-0.25, -0.2) is 4.98 Å². The quantitative estimate of drug-likeness (QED) is 0.472. The van der Waals surface area contributed by atoms with Crippen LogP contribution in [-0.2, 0) is 17.5 Å². The van der Waals surface area contributed by atoms with Gasteiger partial charge in [-0.15, -0.1) is 0 Å². The fourth-order valence-corrected chi connectivity index (χ4v) is 2.86. The Morgan fingerprint density at radius 1 is 1.13 bits per heavy atom. The molecular formula is C21H20F3N5O. The van der Waals surface area contributed by atoms with Crippen molar-refractivity contribution in [3.63, 3.8) is 0 Å². The number of carbonyl (C=O) groups is 1. The molecule has 3 aromatic rings. The summed E-state index contributed by atoms with van der Waals surface area (Å²) in [5.74, 6) is 0.464. The standard InChI is InChI=1S/C21H20F3N5O/c1-14-4-7-17(8-5-14)18-10-20(29(13-30)15(2)26-18)27-28(3)12-16-6-9-19(25-11-16)21(22,23)24/h4-11,13H,12H2,1-3H3/b27-20-. The Hall–Kier alpha value is -3.49. The molecule has 0 atom stereocenters. The molecule has 2 aromatic heterocycles. The van der Waals surface area contributed by atoms with Gasteiger partial charge in [0.05, 0.1) is 12.2 Å². The molecule has 0 amide bonds. The minimum absolute atomic E-state index is 0.214. The molecule has 0 fully saturated rings. The molecule has 0 spiro atoms. The summed E-state index contributed by atoms with van der Waals surface area (Å²) in [4.78, 5) is 19.5. The first-order valence-corrected chi connectivity index (χ1v) is 9.08. The maximum Gasteiger partial charge on any atom is 0.433 e. The lowest BCUT2D eigenvalue weighted by Gasteiger charge is -2.15. The lowest BCUT2D eigenvalue weighted by molar-refractivity contribution is -0.141. The van der Waals surface area contributed by atoms with E-state index < -0.39 is 11.9 Å². The highest BCUT2D eigenvalue weighted by molar-refractivity contribution is 5.61. The van der Waals surface area contributed by atoms with Crippen LogP contribution in [0.2, 0.25) is 0 Å². The van der Waals surface area contributed by atoms with Gasteiger partial charge in [0.15, 0.2) is 5.49 Å². The van der Waals surface area contributed by atoms with E-state index >= 15 is 0 Å². The van der Waals surface area contributed by atoms with Gasteiger partial charge in [-0.05, 0) is 25.5 Å². The third-order valence-electron chi connectivity index (χ3n) is 4.40. The normalized spacial score (nSPS) is 12.1. The van der Waals surface area contributed by atoms with Gasteiger partial charge in [0.2, 0.25) is 6.41 Å². The van der Waals surface area contributed by atoms with E-state index in [1.807, 2.05) is 31.2 Å². The van der Waals surface area contributed by atoms with Crippen molar-refractivity contribution in [1.82, 2.24) is 19.5 Å². The molecule has 2 heterocycles. The molecule has 0 aliphatic heterocycles. The van der Waals surface area contributed by atoms with E-state index in [0.29, 0.717) is 29.0 Å². The molecule has 1 aromatic carbocycles. The molecule has 0 unspecified atom stereocenters. The van der Waals surface area contributed by atoms with Crippen LogP contribution in [0.3, 0.4) is 0 Å². The van der Waals surface area contributed by atoms with Crippen LogP contribution in [-0.4, -0.2) is 33.0 Å². The van der Waals surface area contributed by atoms with Crippen LogP contribution < -0.4 is 5.49 Å². The highest BCUT2D eigenvalue weighted by atomic mass is 19.4. The van der Waals surface area contributed by atoms with Crippen molar-refractivity contribution in [3.05, 3.63) is 76.8 Å². The van der Waals surface area contributed by atoms with Crippen molar-refractivity contribution in [2.45, 2.75) is 26.6 Å². The van der Waals surface area contributed by atoms with E-state index in [2.05, 4.69) is 15.1 Å². The van der Waals surface area contributed by atoms with Crippen LogP contribution in [0.4, 0.5) is 13.2 Å². The molecule has 0 bridgehead atoms. The van der Waals surface area contributed by atoms with Gasteiger partial charge in [0.25, 0.3) is 0 Å². The zero-order chi connectivity index (χ0) is 21.9. The van der Waals surface area contributed by atoms with Crippen molar-refractivity contribution in [3.8, 4) is 11.3 Å². The highest BCUT2D eigenvalue weighted by Crippen LogP contribution is 2.27. The third-order valence-corrected chi connectivity index (χ3v) is 4.40. The molecule has 0 aliphatic rings. The Morgan fingerprint density at radius 2 is 1.83 bits per heavy atom. The number of rotatable bonds is 5. The van der Waals surface area contributed by atoms with Crippen LogP contribution >= 0.6 is 0 Å². The van der Waals surface area contributed by atoms with Gasteiger partial charge in [0, 0.05) is 24.9 Å². The van der Waals surface area contributed by atoms with Gasteiger partial charge in [0.1, 0.15) is 11.5 Å². The first-order chi connectivity index (χ1) is 14.2. The lowest BCUT2D eigenvalue weighted by atomic mass is 10.1. The monoisotopic (exact) mass is 415 g/mol. The number of carbonyl (C=O) groups excluding carboxylic acids is 1. The van der Waals surface area contributed by atoms with Crippen LogP contribution in [0.15, 0.2) is 53.8 Å². The fourth-order valence-electron chi connectivity index (χ4n) is 2.86. The molecule has 156 valence electrons. The average molecular weight is 415 g/mol. The van der Waals surface area contributed by atoms with Crippen molar-refractivity contribution in [2.75, 3.05) is 7.05 Å². The summed E-state index contributed by atoms with van der Waals surface area (Å²) in [5, 5.41) is 5.96. The molecule has 9 heteroatoms. The van der Waals surface area contributed by atoms with Gasteiger partial charge >= 0.3 is 6.18 Å². The van der Waals surface area contributed by atoms with E-state index in [0.717, 1.165) is 23.4 Å². The summed E-state index contributed by atoms with van der Waals surface area (Å²) < 4.78 is 39.3. The highest BCUT2D eigenvalue weighted by Gasteiger charge is 2.32. The first-order valence-electron chi connectivity index (χ1n) is 9.08. The van der Waals surface area contributed by atoms with E-state index in [-0.39, 0.29) is 6.54 Å². The number of hydrogen-bond acceptors (Lipinski definition) is 5. The molecule has 0 N–H and O–H groups in total. The number of pyridine rings is 1. The van der Waals surface area contributed by atoms with E-state index in [1.165, 1.54) is 15.6 Å². The summed E-state index contributed by atoms with van der Waals surface area (Å²) in [6, 6.07) is 11.8. The third kappa shape index (κ3) is 4.91. The second-order valence-corrected chi connectivity index (χ2v) is 6.85. The summed E-state index contributed by atoms with van der Waals surface area (Å²) in [6.07, 6.45) is -2.70. The lowest BCUT2D eigenvalue weighted by Crippen LogP contribution is -2.28. The molecule has 3 rings (SSSR count). The van der Waals surface area contributed by atoms with Gasteiger partial charge in [-0.2, -0.15) is 18.3 Å². The van der Waals surface area contributed by atoms with Crippen LogP contribution in [0.25, 0.3) is 11.3 Å². The van der Waals surface area contributed by atoms with Gasteiger partial charge in [-0.1, -0.05) is 35.9 Å². The Labute approximate surface area is 171 Å². The van der Waals surface area contributed by atoms with Gasteiger partial charge < -0.3 is 0 Å². The minimum atomic E-state index is -4.48. The topological polar surface area (TPSA) is 63.4 Å². The smallest absolute Gasteiger partial charge is 0.294 e. The zero-order valence-electron chi connectivity index (χ0n) is 16.7. The largest absolute Gasteiger partial charge is 0.433 e. The van der Waals surface area contributed by atoms with Gasteiger partial charge in [-0.3, -0.25) is 19.4 Å². The Morgan fingerprint density at radius 3 is 2.40 bits per heavy atom. The predicted octanol–water partition coefficient (Wildman–Crippen LogP) is 3.57. The van der Waals surface area contributed by atoms with Crippen molar-refractivity contribution >= 4 is 6.41 Å². The Kier molecular flexibility index (Phi) is 6.00. The predicted molar refractivity (Wildman–Crippen MR) is 106 cm³/mol. The zero-order valence-corrected chi connectivity index (χ0v) is 16.7. The van der Waals surface area contributed by atoms with Crippen molar-refractivity contribution < 1.29 is 18.0 Å². The molecule has 0 aliphatic carbocycles. The second kappa shape index (κ2) is 8.48. The number of hydrogen-bond donors (Lipinski definition) is 0. The van der Waals surface area contributed by atoms with Crippen molar-refractivity contribution in [2.24, 2.45) is 5.10 Å². The molecule has 6 nitrogen and oxygen atoms in total. The minimum Gasteiger partial charge on any atom is -0.294 e. The van der Waals surface area contributed by atoms with Crippen LogP contribution in [0.5, 0.6) is 0 Å². The number of alkyl halides is 3. The molecule has 30 heavy (non-hydrogen) atoms. The van der Waals surface area contributed by atoms with E-state index in [1.54, 1.807) is 20.0 Å². The van der Waals surface area contributed by atoms with Crippen LogP contribution in [0, 0.1) is 13.8 Å². The molecule has 0 saturated carbocycles. The number of benzene rings is 1. The van der Waals surface area contributed by atoms with Crippen LogP contribution in [0.1, 0.15) is 22.6 Å². The van der Waals surface area contributed by atoms with E-state index in [9.17, 15) is 18.0 Å². The molecular weight excluding hydrogens is 395 g/mol. The second-order valence-electron chi connectivity index (χ2n) is 6.85. The summed E-state index contributed by atoms with van der Waals surface area (Å²) >= 11 is 0. The number of nitrogens with zero attached hydrogens (tertiary/aromatic N) is 5. The SMILES string of the molecule is Cc1ccc(-c2c/c(=N/N(C)Cc3ccc(C(F)(F)F)nc3)n(C=O)c(C)n2)cc1. The Balaban J connectivity index is 1.92. The number of aryl methyl sites for hydroxylation is 2. The Bertz CT molecular complexity index is 1100. The summed E-state index contributed by atoms with van der Waals surface area (Å²) in [7, 11) is 1.66. The summed E-state index contributed by atoms with van der Waals surface area (Å²) in [5.41, 5.74) is 2.62. The average Bonchev–Trinajstić information content (AvgIpc) is 2.68. The molecule has 0 saturated heterocycles. The van der Waals surface area contributed by atoms with Crippen molar-refractivity contribution in [1.29, 1.82) is 0 Å². The summed E-state index contributed by atoms with van der Waals surface area (Å²) in [6.45, 7) is 3.90. The van der Waals surface area contributed by atoms with E-state index in [4.69, 9.17) is 0 Å².